The number of carbonyl (C=O) groups excluding carboxylic acids is 1. The Hall–Kier alpha value is -3.10. The molecule has 9 heteroatoms. The molecule has 1 amide bonds. The highest BCUT2D eigenvalue weighted by atomic mass is 16.2. The summed E-state index contributed by atoms with van der Waals surface area (Å²) in [6.07, 6.45) is 0.356. The molecule has 4 rings (SSSR count). The minimum atomic E-state index is -0.0961. The number of aromatic nitrogens is 7. The normalized spacial score (nSPS) is 16.4. The summed E-state index contributed by atoms with van der Waals surface area (Å²) in [6, 6.07) is 9.84. The van der Waals surface area contributed by atoms with Gasteiger partial charge in [0, 0.05) is 18.5 Å². The van der Waals surface area contributed by atoms with Crippen LogP contribution in [0.2, 0.25) is 0 Å². The van der Waals surface area contributed by atoms with Gasteiger partial charge in [-0.1, -0.05) is 44.2 Å². The van der Waals surface area contributed by atoms with Crippen LogP contribution in [0.1, 0.15) is 38.0 Å². The van der Waals surface area contributed by atoms with Crippen LogP contribution in [-0.4, -0.2) is 52.3 Å². The van der Waals surface area contributed by atoms with E-state index in [1.165, 1.54) is 0 Å². The molecule has 0 radical (unpaired) electrons. The van der Waals surface area contributed by atoms with Crippen molar-refractivity contribution in [3.8, 4) is 11.4 Å². The minimum absolute atomic E-state index is 0.0871. The first kappa shape index (κ1) is 18.3. The lowest BCUT2D eigenvalue weighted by Crippen LogP contribution is -2.44. The van der Waals surface area contributed by atoms with Gasteiger partial charge in [-0.15, -0.1) is 5.10 Å². The van der Waals surface area contributed by atoms with Crippen LogP contribution in [0.5, 0.6) is 0 Å². The van der Waals surface area contributed by atoms with Gasteiger partial charge in [-0.05, 0) is 23.3 Å². The van der Waals surface area contributed by atoms with E-state index in [0.717, 1.165) is 11.4 Å². The van der Waals surface area contributed by atoms with E-state index in [1.807, 2.05) is 46.8 Å². The number of tetrazole rings is 1. The molecule has 146 valence electrons. The van der Waals surface area contributed by atoms with Crippen LogP contribution in [-0.2, 0) is 17.9 Å². The van der Waals surface area contributed by atoms with Gasteiger partial charge in [0.15, 0.2) is 11.6 Å². The third-order valence-corrected chi connectivity index (χ3v) is 5.09. The molecular weight excluding hydrogens is 356 g/mol. The largest absolute Gasteiger partial charge is 0.330 e. The van der Waals surface area contributed by atoms with Gasteiger partial charge in [0.05, 0.1) is 19.1 Å². The van der Waals surface area contributed by atoms with Gasteiger partial charge in [-0.3, -0.25) is 4.79 Å². The molecule has 1 atom stereocenters. The van der Waals surface area contributed by atoms with E-state index in [1.54, 1.807) is 4.68 Å². The van der Waals surface area contributed by atoms with Crippen LogP contribution in [0, 0.1) is 12.8 Å². The van der Waals surface area contributed by atoms with Crippen LogP contribution >= 0.6 is 0 Å². The van der Waals surface area contributed by atoms with Gasteiger partial charge in [0.2, 0.25) is 5.91 Å². The number of amides is 1. The van der Waals surface area contributed by atoms with Crippen LogP contribution in [0.15, 0.2) is 30.3 Å². The summed E-state index contributed by atoms with van der Waals surface area (Å²) in [7, 11) is 0. The lowest BCUT2D eigenvalue weighted by molar-refractivity contribution is -0.136. The van der Waals surface area contributed by atoms with Gasteiger partial charge in [-0.25, -0.2) is 14.3 Å². The fourth-order valence-corrected chi connectivity index (χ4v) is 3.67. The lowest BCUT2D eigenvalue weighted by atomic mass is 9.99. The zero-order valence-electron chi connectivity index (χ0n) is 16.4. The number of hydrogen-bond acceptors (Lipinski definition) is 6. The van der Waals surface area contributed by atoms with E-state index in [0.29, 0.717) is 37.7 Å². The standard InChI is InChI=1S/C19H24N8O/c1-13(2)17-19-20-18(15-7-5-4-6-8-15)22-27(19)12-11-25(17)16(28)9-10-26-14(3)21-23-24-26/h4-8,13,17H,9-12H2,1-3H3/t17-/m0/s1. The number of hydrogen-bond donors (Lipinski definition) is 0. The predicted molar refractivity (Wildman–Crippen MR) is 102 cm³/mol. The lowest BCUT2D eigenvalue weighted by Gasteiger charge is -2.37. The first-order valence-corrected chi connectivity index (χ1v) is 9.57. The molecule has 3 aromatic rings. The van der Waals surface area contributed by atoms with E-state index in [4.69, 9.17) is 4.98 Å². The van der Waals surface area contributed by atoms with Crippen molar-refractivity contribution in [2.45, 2.75) is 46.3 Å². The van der Waals surface area contributed by atoms with Crippen molar-refractivity contribution in [3.05, 3.63) is 42.0 Å². The number of benzene rings is 1. The Balaban J connectivity index is 1.56. The highest BCUT2D eigenvalue weighted by Gasteiger charge is 2.35. The molecule has 0 fully saturated rings. The highest BCUT2D eigenvalue weighted by molar-refractivity contribution is 5.76. The number of aryl methyl sites for hydroxylation is 2. The van der Waals surface area contributed by atoms with Gasteiger partial charge in [0.1, 0.15) is 5.82 Å². The fourth-order valence-electron chi connectivity index (χ4n) is 3.67. The van der Waals surface area contributed by atoms with Crippen molar-refractivity contribution < 1.29 is 4.79 Å². The molecule has 0 saturated carbocycles. The monoisotopic (exact) mass is 380 g/mol. The quantitative estimate of drug-likeness (QED) is 0.671. The number of fused-ring (bicyclic) bond motifs is 1. The summed E-state index contributed by atoms with van der Waals surface area (Å²) in [5.74, 6) is 2.58. The number of carbonyl (C=O) groups is 1. The number of nitrogens with zero attached hydrogens (tertiary/aromatic N) is 8. The zero-order valence-corrected chi connectivity index (χ0v) is 16.4. The van der Waals surface area contributed by atoms with Gasteiger partial charge in [0.25, 0.3) is 0 Å². The highest BCUT2D eigenvalue weighted by Crippen LogP contribution is 2.32. The maximum Gasteiger partial charge on any atom is 0.225 e. The van der Waals surface area contributed by atoms with E-state index in [2.05, 4.69) is 34.5 Å². The Morgan fingerprint density at radius 1 is 1.21 bits per heavy atom. The van der Waals surface area contributed by atoms with E-state index in [9.17, 15) is 4.79 Å². The second-order valence-electron chi connectivity index (χ2n) is 7.36. The minimum Gasteiger partial charge on any atom is -0.330 e. The van der Waals surface area contributed by atoms with Gasteiger partial charge >= 0.3 is 0 Å². The average Bonchev–Trinajstić information content (AvgIpc) is 3.31. The Labute approximate surface area is 163 Å². The smallest absolute Gasteiger partial charge is 0.225 e. The van der Waals surface area contributed by atoms with E-state index < -0.39 is 0 Å². The van der Waals surface area contributed by atoms with E-state index >= 15 is 0 Å². The summed E-state index contributed by atoms with van der Waals surface area (Å²) in [6.45, 7) is 7.80. The van der Waals surface area contributed by atoms with Gasteiger partial charge in [-0.2, -0.15) is 5.10 Å². The molecule has 0 N–H and O–H groups in total. The molecule has 0 spiro atoms. The van der Waals surface area contributed by atoms with Crippen LogP contribution in [0.4, 0.5) is 0 Å². The summed E-state index contributed by atoms with van der Waals surface area (Å²) >= 11 is 0. The molecule has 2 aromatic heterocycles. The zero-order chi connectivity index (χ0) is 19.7. The van der Waals surface area contributed by atoms with E-state index in [-0.39, 0.29) is 17.9 Å². The van der Waals surface area contributed by atoms with Gasteiger partial charge < -0.3 is 4.90 Å². The molecule has 1 aromatic carbocycles. The summed E-state index contributed by atoms with van der Waals surface area (Å²) in [5, 5.41) is 16.1. The van der Waals surface area contributed by atoms with Crippen molar-refractivity contribution in [2.24, 2.45) is 5.92 Å². The van der Waals surface area contributed by atoms with Crippen LogP contribution in [0.25, 0.3) is 11.4 Å². The maximum atomic E-state index is 13.0. The molecule has 0 bridgehead atoms. The third kappa shape index (κ3) is 3.39. The summed E-state index contributed by atoms with van der Waals surface area (Å²) in [4.78, 5) is 19.7. The van der Waals surface area contributed by atoms with Crippen molar-refractivity contribution in [2.75, 3.05) is 6.54 Å². The SMILES string of the molecule is Cc1nnnn1CCC(=O)N1CCn2nc(-c3ccccc3)nc2[C@@H]1C(C)C. The first-order valence-electron chi connectivity index (χ1n) is 9.57. The third-order valence-electron chi connectivity index (χ3n) is 5.09. The fraction of sp³-hybridized carbons (Fsp3) is 0.474. The topological polar surface area (TPSA) is 94.6 Å². The Morgan fingerprint density at radius 2 is 2.00 bits per heavy atom. The van der Waals surface area contributed by atoms with Crippen LogP contribution in [0.3, 0.4) is 0 Å². The molecule has 3 heterocycles. The molecule has 1 aliphatic rings. The Kier molecular flexibility index (Phi) is 4.89. The Morgan fingerprint density at radius 3 is 2.68 bits per heavy atom. The molecule has 1 aliphatic heterocycles. The Bertz CT molecular complexity index is 961. The molecule has 28 heavy (non-hydrogen) atoms. The van der Waals surface area contributed by atoms with Crippen molar-refractivity contribution in [3.63, 3.8) is 0 Å². The summed E-state index contributed by atoms with van der Waals surface area (Å²) in [5.41, 5.74) is 0.985. The van der Waals surface area contributed by atoms with Crippen molar-refractivity contribution in [1.82, 2.24) is 39.9 Å². The van der Waals surface area contributed by atoms with Crippen molar-refractivity contribution >= 4 is 5.91 Å². The maximum absolute atomic E-state index is 13.0. The molecule has 9 nitrogen and oxygen atoms in total. The average molecular weight is 380 g/mol. The molecule has 0 unspecified atom stereocenters. The van der Waals surface area contributed by atoms with Crippen LogP contribution < -0.4 is 0 Å². The first-order chi connectivity index (χ1) is 13.5. The van der Waals surface area contributed by atoms with Crippen molar-refractivity contribution in [1.29, 1.82) is 0 Å². The summed E-state index contributed by atoms with van der Waals surface area (Å²) < 4.78 is 3.60. The molecule has 0 aliphatic carbocycles. The predicted octanol–water partition coefficient (Wildman–Crippen LogP) is 1.87. The second kappa shape index (κ2) is 7.49. The molecule has 0 saturated heterocycles. The molecular formula is C19H24N8O. The number of rotatable bonds is 5. The second-order valence-corrected chi connectivity index (χ2v) is 7.36.